The summed E-state index contributed by atoms with van der Waals surface area (Å²) in [5.41, 5.74) is 3.93. The molecule has 0 saturated carbocycles. The largest absolute Gasteiger partial charge is 0.349 e. The number of aromatic amines is 1. The summed E-state index contributed by atoms with van der Waals surface area (Å²) in [7, 11) is 4.04. The van der Waals surface area contributed by atoms with Gasteiger partial charge in [-0.15, -0.1) is 0 Å². The van der Waals surface area contributed by atoms with Crippen LogP contribution in [0.15, 0.2) is 30.3 Å². The lowest BCUT2D eigenvalue weighted by molar-refractivity contribution is 0.0937. The third-order valence-corrected chi connectivity index (χ3v) is 4.10. The smallest absolute Gasteiger partial charge is 0.271 e. The van der Waals surface area contributed by atoms with Gasteiger partial charge in [0, 0.05) is 12.2 Å². The number of amides is 1. The quantitative estimate of drug-likeness (QED) is 0.826. The van der Waals surface area contributed by atoms with Crippen LogP contribution in [0, 0.1) is 0 Å². The zero-order valence-corrected chi connectivity index (χ0v) is 14.4. The van der Waals surface area contributed by atoms with E-state index in [1.165, 1.54) is 11.1 Å². The molecule has 0 aliphatic heterocycles. The average molecular weight is 314 g/mol. The number of likely N-dealkylation sites (N-methyl/N-ethyl adjacent to an activating group) is 1. The number of hydrogen-bond donors (Lipinski definition) is 2. The second-order valence-corrected chi connectivity index (χ2v) is 5.92. The van der Waals surface area contributed by atoms with Gasteiger partial charge in [0.05, 0.1) is 6.04 Å². The predicted octanol–water partition coefficient (Wildman–Crippen LogP) is 2.57. The van der Waals surface area contributed by atoms with Crippen LogP contribution >= 0.6 is 0 Å². The van der Waals surface area contributed by atoms with E-state index in [-0.39, 0.29) is 11.9 Å². The minimum absolute atomic E-state index is 0.134. The van der Waals surface area contributed by atoms with Gasteiger partial charge in [-0.25, -0.2) is 0 Å². The number of hydrogen-bond acceptors (Lipinski definition) is 3. The Balaban J connectivity index is 2.02. The maximum Gasteiger partial charge on any atom is 0.271 e. The van der Waals surface area contributed by atoms with Crippen molar-refractivity contribution >= 4 is 5.91 Å². The molecular formula is C18H26N4O. The second kappa shape index (κ2) is 7.92. The van der Waals surface area contributed by atoms with Crippen molar-refractivity contribution in [2.45, 2.75) is 32.7 Å². The van der Waals surface area contributed by atoms with E-state index < -0.39 is 0 Å². The average Bonchev–Trinajstić information content (AvgIpc) is 3.04. The molecule has 2 aromatic rings. The number of H-pyrrole nitrogens is 1. The highest BCUT2D eigenvalue weighted by atomic mass is 16.1. The van der Waals surface area contributed by atoms with Gasteiger partial charge in [0.25, 0.3) is 5.91 Å². The summed E-state index contributed by atoms with van der Waals surface area (Å²) in [6, 6.07) is 10.5. The molecule has 1 unspecified atom stereocenters. The number of nitrogens with one attached hydrogen (secondary N) is 2. The van der Waals surface area contributed by atoms with Crippen molar-refractivity contribution in [2.24, 2.45) is 0 Å². The molecule has 124 valence electrons. The highest BCUT2D eigenvalue weighted by Gasteiger charge is 2.17. The van der Waals surface area contributed by atoms with E-state index in [9.17, 15) is 4.79 Å². The van der Waals surface area contributed by atoms with Crippen molar-refractivity contribution in [3.05, 3.63) is 52.8 Å². The number of benzene rings is 1. The summed E-state index contributed by atoms with van der Waals surface area (Å²) in [5.74, 6) is -0.141. The Morgan fingerprint density at radius 3 is 2.43 bits per heavy atom. The lowest BCUT2D eigenvalue weighted by Gasteiger charge is -2.25. The van der Waals surface area contributed by atoms with Crippen molar-refractivity contribution in [2.75, 3.05) is 20.6 Å². The zero-order valence-electron chi connectivity index (χ0n) is 14.4. The van der Waals surface area contributed by atoms with Gasteiger partial charge >= 0.3 is 0 Å². The number of aryl methyl sites for hydroxylation is 2. The van der Waals surface area contributed by atoms with Crippen molar-refractivity contribution in [1.82, 2.24) is 20.4 Å². The van der Waals surface area contributed by atoms with E-state index in [1.54, 1.807) is 6.07 Å². The van der Waals surface area contributed by atoms with Crippen LogP contribution in [-0.2, 0) is 12.8 Å². The maximum atomic E-state index is 12.2. The van der Waals surface area contributed by atoms with Crippen LogP contribution in [0.1, 0.15) is 47.2 Å². The molecular weight excluding hydrogens is 288 g/mol. The van der Waals surface area contributed by atoms with Gasteiger partial charge in [-0.1, -0.05) is 38.1 Å². The molecule has 0 radical (unpaired) electrons. The number of carbonyl (C=O) groups is 1. The molecule has 1 amide bonds. The topological polar surface area (TPSA) is 61.0 Å². The molecule has 0 saturated heterocycles. The normalized spacial score (nSPS) is 12.4. The van der Waals surface area contributed by atoms with Gasteiger partial charge < -0.3 is 10.2 Å². The Morgan fingerprint density at radius 2 is 1.91 bits per heavy atom. The third kappa shape index (κ3) is 4.42. The molecule has 1 aromatic carbocycles. The molecule has 1 atom stereocenters. The standard InChI is InChI=1S/C18H26N4O/c1-5-13-7-9-14(10-8-13)17(22(3)4)12-19-18(23)16-11-15(6-2)20-21-16/h7-11,17H,5-6,12H2,1-4H3,(H,19,23)(H,20,21). The highest BCUT2D eigenvalue weighted by molar-refractivity contribution is 5.92. The number of carbonyl (C=O) groups excluding carboxylic acids is 1. The number of nitrogens with zero attached hydrogens (tertiary/aromatic N) is 2. The fourth-order valence-corrected chi connectivity index (χ4v) is 2.51. The molecule has 2 N–H and O–H groups in total. The van der Waals surface area contributed by atoms with E-state index in [1.807, 2.05) is 21.0 Å². The fourth-order valence-electron chi connectivity index (χ4n) is 2.51. The second-order valence-electron chi connectivity index (χ2n) is 5.92. The number of aromatic nitrogens is 2. The van der Waals surface area contributed by atoms with Crippen LogP contribution < -0.4 is 5.32 Å². The Bertz CT molecular complexity index is 631. The lowest BCUT2D eigenvalue weighted by Crippen LogP contribution is -2.34. The molecule has 0 fully saturated rings. The molecule has 1 heterocycles. The molecule has 0 bridgehead atoms. The molecule has 23 heavy (non-hydrogen) atoms. The van der Waals surface area contributed by atoms with Gasteiger partial charge in [-0.3, -0.25) is 9.89 Å². The van der Waals surface area contributed by atoms with Crippen molar-refractivity contribution in [1.29, 1.82) is 0 Å². The van der Waals surface area contributed by atoms with Gasteiger partial charge in [0.1, 0.15) is 5.69 Å². The minimum Gasteiger partial charge on any atom is -0.349 e. The summed E-state index contributed by atoms with van der Waals surface area (Å²) in [4.78, 5) is 14.3. The summed E-state index contributed by atoms with van der Waals surface area (Å²) in [6.07, 6.45) is 1.87. The molecule has 5 heteroatoms. The van der Waals surface area contributed by atoms with Crippen LogP contribution in [0.2, 0.25) is 0 Å². The van der Waals surface area contributed by atoms with Crippen molar-refractivity contribution in [3.63, 3.8) is 0 Å². The Morgan fingerprint density at radius 1 is 1.22 bits per heavy atom. The van der Waals surface area contributed by atoms with Gasteiger partial charge in [0.15, 0.2) is 0 Å². The van der Waals surface area contributed by atoms with Gasteiger partial charge in [-0.2, -0.15) is 5.10 Å². The van der Waals surface area contributed by atoms with Crippen molar-refractivity contribution < 1.29 is 4.79 Å². The molecule has 0 aliphatic rings. The van der Waals surface area contributed by atoms with E-state index >= 15 is 0 Å². The van der Waals surface area contributed by atoms with E-state index in [4.69, 9.17) is 0 Å². The van der Waals surface area contributed by atoms with Gasteiger partial charge in [-0.05, 0) is 44.1 Å². The lowest BCUT2D eigenvalue weighted by atomic mass is 10.0. The first-order chi connectivity index (χ1) is 11.0. The molecule has 5 nitrogen and oxygen atoms in total. The number of rotatable bonds is 7. The molecule has 0 aliphatic carbocycles. The summed E-state index contributed by atoms with van der Waals surface area (Å²) in [5, 5.41) is 9.91. The molecule has 1 aromatic heterocycles. The first-order valence-corrected chi connectivity index (χ1v) is 8.12. The SMILES string of the molecule is CCc1ccc(C(CNC(=O)c2cc(CC)[nH]n2)N(C)C)cc1. The van der Waals surface area contributed by atoms with Crippen LogP contribution in [0.4, 0.5) is 0 Å². The van der Waals surface area contributed by atoms with E-state index in [2.05, 4.69) is 51.6 Å². The van der Waals surface area contributed by atoms with Crippen molar-refractivity contribution in [3.8, 4) is 0 Å². The highest BCUT2D eigenvalue weighted by Crippen LogP contribution is 2.18. The molecule has 2 rings (SSSR count). The van der Waals surface area contributed by atoms with Crippen LogP contribution in [0.3, 0.4) is 0 Å². The zero-order chi connectivity index (χ0) is 16.8. The Labute approximate surface area is 138 Å². The minimum atomic E-state index is -0.141. The first-order valence-electron chi connectivity index (χ1n) is 8.12. The summed E-state index contributed by atoms with van der Waals surface area (Å²) >= 11 is 0. The Hall–Kier alpha value is -2.14. The van der Waals surface area contributed by atoms with Gasteiger partial charge in [0.2, 0.25) is 0 Å². The monoisotopic (exact) mass is 314 g/mol. The van der Waals surface area contributed by atoms with Crippen LogP contribution in [0.25, 0.3) is 0 Å². The third-order valence-electron chi connectivity index (χ3n) is 4.10. The maximum absolute atomic E-state index is 12.2. The van der Waals surface area contributed by atoms with Crippen LogP contribution in [-0.4, -0.2) is 41.6 Å². The van der Waals surface area contributed by atoms with Crippen LogP contribution in [0.5, 0.6) is 0 Å². The van der Waals surface area contributed by atoms with E-state index in [0.717, 1.165) is 18.5 Å². The Kier molecular flexibility index (Phi) is 5.93. The van der Waals surface area contributed by atoms with E-state index in [0.29, 0.717) is 12.2 Å². The summed E-state index contributed by atoms with van der Waals surface area (Å²) in [6.45, 7) is 4.72. The first kappa shape index (κ1) is 17.2. The summed E-state index contributed by atoms with van der Waals surface area (Å²) < 4.78 is 0. The predicted molar refractivity (Wildman–Crippen MR) is 92.5 cm³/mol. The fraction of sp³-hybridized carbons (Fsp3) is 0.444. The molecule has 0 spiro atoms.